The lowest BCUT2D eigenvalue weighted by Gasteiger charge is -2.20. The SMILES string of the molecule is Cc1ccc2c(c1)CC[C@@]21NC(=O)NC1=O. The number of benzene rings is 1. The maximum atomic E-state index is 11.9. The molecule has 0 saturated carbocycles. The number of rotatable bonds is 0. The van der Waals surface area contributed by atoms with Gasteiger partial charge in [0.1, 0.15) is 5.54 Å². The van der Waals surface area contributed by atoms with Crippen LogP contribution in [0.5, 0.6) is 0 Å². The van der Waals surface area contributed by atoms with Gasteiger partial charge >= 0.3 is 6.03 Å². The third kappa shape index (κ3) is 1.04. The van der Waals surface area contributed by atoms with E-state index >= 15 is 0 Å². The summed E-state index contributed by atoms with van der Waals surface area (Å²) >= 11 is 0. The number of carbonyl (C=O) groups is 2. The quantitative estimate of drug-likeness (QED) is 0.635. The number of fused-ring (bicyclic) bond motifs is 2. The highest BCUT2D eigenvalue weighted by Gasteiger charge is 2.51. The van der Waals surface area contributed by atoms with Crippen molar-refractivity contribution in [1.29, 1.82) is 0 Å². The smallest absolute Gasteiger partial charge is 0.319 e. The molecule has 0 radical (unpaired) electrons. The van der Waals surface area contributed by atoms with Gasteiger partial charge in [-0.15, -0.1) is 0 Å². The molecule has 16 heavy (non-hydrogen) atoms. The largest absolute Gasteiger partial charge is 0.322 e. The zero-order chi connectivity index (χ0) is 11.3. The van der Waals surface area contributed by atoms with E-state index in [0.717, 1.165) is 17.5 Å². The molecule has 82 valence electrons. The van der Waals surface area contributed by atoms with Gasteiger partial charge in [-0.25, -0.2) is 4.79 Å². The number of carbonyl (C=O) groups excluding carboxylic acids is 2. The second-order valence-electron chi connectivity index (χ2n) is 4.47. The molecule has 1 aliphatic carbocycles. The van der Waals surface area contributed by atoms with Crippen LogP contribution in [0.2, 0.25) is 0 Å². The molecule has 0 unspecified atom stereocenters. The molecule has 1 heterocycles. The van der Waals surface area contributed by atoms with Gasteiger partial charge in [-0.1, -0.05) is 23.8 Å². The van der Waals surface area contributed by atoms with Crippen molar-refractivity contribution in [1.82, 2.24) is 10.6 Å². The fraction of sp³-hybridized carbons (Fsp3) is 0.333. The number of amides is 3. The van der Waals surface area contributed by atoms with Gasteiger partial charge in [0, 0.05) is 0 Å². The first kappa shape index (κ1) is 9.39. The lowest BCUT2D eigenvalue weighted by Crippen LogP contribution is -2.41. The van der Waals surface area contributed by atoms with Crippen molar-refractivity contribution >= 4 is 11.9 Å². The Morgan fingerprint density at radius 1 is 1.31 bits per heavy atom. The molecule has 0 aromatic heterocycles. The maximum absolute atomic E-state index is 11.9. The fourth-order valence-electron chi connectivity index (χ4n) is 2.66. The summed E-state index contributed by atoms with van der Waals surface area (Å²) in [4.78, 5) is 23.1. The van der Waals surface area contributed by atoms with E-state index in [2.05, 4.69) is 16.7 Å². The Bertz CT molecular complexity index is 510. The zero-order valence-electron chi connectivity index (χ0n) is 8.96. The Balaban J connectivity index is 2.15. The normalized spacial score (nSPS) is 26.8. The highest BCUT2D eigenvalue weighted by atomic mass is 16.2. The van der Waals surface area contributed by atoms with Gasteiger partial charge in [0.2, 0.25) is 0 Å². The van der Waals surface area contributed by atoms with Gasteiger partial charge in [0.15, 0.2) is 0 Å². The van der Waals surface area contributed by atoms with E-state index in [4.69, 9.17) is 0 Å². The highest BCUT2D eigenvalue weighted by Crippen LogP contribution is 2.39. The number of nitrogens with one attached hydrogen (secondary N) is 2. The molecule has 1 atom stereocenters. The van der Waals surface area contributed by atoms with E-state index < -0.39 is 11.6 Å². The van der Waals surface area contributed by atoms with Gasteiger partial charge in [-0.05, 0) is 30.9 Å². The summed E-state index contributed by atoms with van der Waals surface area (Å²) in [6.07, 6.45) is 1.49. The fourth-order valence-corrected chi connectivity index (χ4v) is 2.66. The van der Waals surface area contributed by atoms with Gasteiger partial charge in [0.05, 0.1) is 0 Å². The van der Waals surface area contributed by atoms with Crippen molar-refractivity contribution in [2.24, 2.45) is 0 Å². The molecule has 4 heteroatoms. The number of aryl methyl sites for hydroxylation is 2. The summed E-state index contributed by atoms with van der Waals surface area (Å²) in [6.45, 7) is 2.03. The number of hydrogen-bond donors (Lipinski definition) is 2. The first-order valence-electron chi connectivity index (χ1n) is 5.35. The third-order valence-corrected chi connectivity index (χ3v) is 3.43. The first-order chi connectivity index (χ1) is 7.62. The van der Waals surface area contributed by atoms with E-state index in [0.29, 0.717) is 6.42 Å². The average molecular weight is 216 g/mol. The van der Waals surface area contributed by atoms with Crippen molar-refractivity contribution in [2.45, 2.75) is 25.3 Å². The molecule has 1 aromatic rings. The Morgan fingerprint density at radius 3 is 2.81 bits per heavy atom. The Hall–Kier alpha value is -1.84. The van der Waals surface area contributed by atoms with Crippen molar-refractivity contribution in [2.75, 3.05) is 0 Å². The number of hydrogen-bond acceptors (Lipinski definition) is 2. The maximum Gasteiger partial charge on any atom is 0.322 e. The lowest BCUT2D eigenvalue weighted by atomic mass is 9.91. The van der Waals surface area contributed by atoms with E-state index in [9.17, 15) is 9.59 Å². The predicted octanol–water partition coefficient (Wildman–Crippen LogP) is 0.976. The minimum atomic E-state index is -0.805. The molecular weight excluding hydrogens is 204 g/mol. The van der Waals surface area contributed by atoms with Crippen LogP contribution in [0.1, 0.15) is 23.1 Å². The van der Waals surface area contributed by atoms with Crippen molar-refractivity contribution in [3.05, 3.63) is 34.9 Å². The summed E-state index contributed by atoms with van der Waals surface area (Å²) < 4.78 is 0. The van der Waals surface area contributed by atoms with Crippen LogP contribution in [0, 0.1) is 6.92 Å². The molecular formula is C12H12N2O2. The van der Waals surface area contributed by atoms with Crippen LogP contribution in [0.3, 0.4) is 0 Å². The lowest BCUT2D eigenvalue weighted by molar-refractivity contribution is -0.124. The monoisotopic (exact) mass is 216 g/mol. The zero-order valence-corrected chi connectivity index (χ0v) is 8.96. The van der Waals surface area contributed by atoms with Crippen LogP contribution in [0.25, 0.3) is 0 Å². The van der Waals surface area contributed by atoms with Crippen LogP contribution in [-0.2, 0) is 16.8 Å². The molecule has 3 amide bonds. The molecule has 3 rings (SSSR count). The van der Waals surface area contributed by atoms with E-state index in [1.54, 1.807) is 0 Å². The van der Waals surface area contributed by atoms with Gasteiger partial charge in [0.25, 0.3) is 5.91 Å². The van der Waals surface area contributed by atoms with E-state index in [1.807, 2.05) is 19.1 Å². The Morgan fingerprint density at radius 2 is 2.12 bits per heavy atom. The molecule has 0 bridgehead atoms. The minimum absolute atomic E-state index is 0.222. The number of imide groups is 1. The Labute approximate surface area is 93.0 Å². The molecule has 1 spiro atoms. The molecule has 1 fully saturated rings. The van der Waals surface area contributed by atoms with Crippen LogP contribution in [0.4, 0.5) is 4.79 Å². The highest BCUT2D eigenvalue weighted by molar-refractivity contribution is 6.08. The van der Waals surface area contributed by atoms with Crippen LogP contribution >= 0.6 is 0 Å². The number of urea groups is 1. The summed E-state index contributed by atoms with van der Waals surface area (Å²) in [6, 6.07) is 5.62. The molecule has 1 aliphatic heterocycles. The summed E-state index contributed by atoms with van der Waals surface area (Å²) in [5, 5.41) is 5.07. The summed E-state index contributed by atoms with van der Waals surface area (Å²) in [7, 11) is 0. The molecule has 4 nitrogen and oxygen atoms in total. The van der Waals surface area contributed by atoms with Crippen LogP contribution in [-0.4, -0.2) is 11.9 Å². The minimum Gasteiger partial charge on any atom is -0.319 e. The second kappa shape index (κ2) is 2.84. The average Bonchev–Trinajstić information content (AvgIpc) is 2.70. The van der Waals surface area contributed by atoms with Crippen molar-refractivity contribution < 1.29 is 9.59 Å². The van der Waals surface area contributed by atoms with Crippen LogP contribution < -0.4 is 10.6 Å². The molecule has 1 saturated heterocycles. The topological polar surface area (TPSA) is 58.2 Å². The second-order valence-corrected chi connectivity index (χ2v) is 4.47. The summed E-state index contributed by atoms with van der Waals surface area (Å²) in [5.41, 5.74) is 2.49. The molecule has 2 N–H and O–H groups in total. The standard InChI is InChI=1S/C12H12N2O2/c1-7-2-3-9-8(6-7)4-5-12(9)10(15)13-11(16)14-12/h2-3,6H,4-5H2,1H3,(H2,13,14,15,16)/t12-/m1/s1. The third-order valence-electron chi connectivity index (χ3n) is 3.43. The van der Waals surface area contributed by atoms with Crippen molar-refractivity contribution in [3.63, 3.8) is 0 Å². The van der Waals surface area contributed by atoms with Gasteiger partial charge < -0.3 is 5.32 Å². The molecule has 2 aliphatic rings. The van der Waals surface area contributed by atoms with Crippen molar-refractivity contribution in [3.8, 4) is 0 Å². The molecule has 1 aromatic carbocycles. The van der Waals surface area contributed by atoms with E-state index in [-0.39, 0.29) is 5.91 Å². The van der Waals surface area contributed by atoms with Gasteiger partial charge in [-0.2, -0.15) is 0 Å². The van der Waals surface area contributed by atoms with E-state index in [1.165, 1.54) is 5.56 Å². The predicted molar refractivity (Wildman–Crippen MR) is 57.9 cm³/mol. The van der Waals surface area contributed by atoms with Crippen LogP contribution in [0.15, 0.2) is 18.2 Å². The Kier molecular flexibility index (Phi) is 1.67. The van der Waals surface area contributed by atoms with Gasteiger partial charge in [-0.3, -0.25) is 10.1 Å². The first-order valence-corrected chi connectivity index (χ1v) is 5.35. The summed E-state index contributed by atoms with van der Waals surface area (Å²) in [5.74, 6) is -0.222.